The van der Waals surface area contributed by atoms with Crippen molar-refractivity contribution in [3.05, 3.63) is 29.8 Å². The van der Waals surface area contributed by atoms with Crippen molar-refractivity contribution in [3.8, 4) is 0 Å². The molecule has 3 amide bonds. The molecule has 1 aliphatic carbocycles. The lowest BCUT2D eigenvalue weighted by Crippen LogP contribution is -2.60. The van der Waals surface area contributed by atoms with E-state index in [0.29, 0.717) is 38.5 Å². The summed E-state index contributed by atoms with van der Waals surface area (Å²) in [5.41, 5.74) is 6.94. The van der Waals surface area contributed by atoms with Crippen LogP contribution in [0.25, 0.3) is 0 Å². The number of hydrogen-bond acceptors (Lipinski definition) is 8. The molecular weight excluding hydrogens is 604 g/mol. The predicted octanol–water partition coefficient (Wildman–Crippen LogP) is 4.28. The molecule has 1 saturated heterocycles. The lowest BCUT2D eigenvalue weighted by molar-refractivity contribution is -0.140. The Hall–Kier alpha value is -2.35. The smallest absolute Gasteiger partial charge is 0.407 e. The molecule has 3 rings (SSSR count). The van der Waals surface area contributed by atoms with Crippen LogP contribution in [-0.2, 0) is 24.4 Å². The van der Waals surface area contributed by atoms with Crippen molar-refractivity contribution in [1.82, 2.24) is 15.5 Å². The summed E-state index contributed by atoms with van der Waals surface area (Å²) in [4.78, 5) is 40.7. The number of ether oxygens (including phenoxy) is 1. The number of carbonyl (C=O) groups is 3. The average Bonchev–Trinajstić information content (AvgIpc) is 3.44. The Kier molecular flexibility index (Phi) is 14.9. The quantitative estimate of drug-likeness (QED) is 0.254. The van der Waals surface area contributed by atoms with E-state index >= 15 is 0 Å². The van der Waals surface area contributed by atoms with Crippen LogP contribution < -0.4 is 16.4 Å². The number of hydrogen-bond donors (Lipinski definition) is 4. The van der Waals surface area contributed by atoms with Gasteiger partial charge in [0.15, 0.2) is 0 Å². The van der Waals surface area contributed by atoms with Gasteiger partial charge in [0, 0.05) is 23.9 Å². The van der Waals surface area contributed by atoms with E-state index in [-0.39, 0.29) is 28.0 Å². The molecule has 1 heterocycles. The third-order valence-corrected chi connectivity index (χ3v) is 9.98. The van der Waals surface area contributed by atoms with Gasteiger partial charge in [-0.2, -0.15) is 20.2 Å². The van der Waals surface area contributed by atoms with Crippen LogP contribution in [0.4, 0.5) is 4.79 Å². The summed E-state index contributed by atoms with van der Waals surface area (Å²) in [6, 6.07) is 4.98. The topological polar surface area (TPSA) is 168 Å². The van der Waals surface area contributed by atoms with Gasteiger partial charge in [0.25, 0.3) is 10.1 Å². The van der Waals surface area contributed by atoms with Crippen molar-refractivity contribution in [2.75, 3.05) is 19.7 Å². The maximum absolute atomic E-state index is 13.7. The normalized spacial score (nSPS) is 21.2. The molecule has 1 aromatic carbocycles. The third-order valence-electron chi connectivity index (χ3n) is 7.79. The molecule has 13 heteroatoms. The van der Waals surface area contributed by atoms with Crippen molar-refractivity contribution < 1.29 is 32.1 Å². The Morgan fingerprint density at radius 1 is 1.11 bits per heavy atom. The summed E-state index contributed by atoms with van der Waals surface area (Å²) < 4.78 is 34.2. The van der Waals surface area contributed by atoms with Crippen molar-refractivity contribution in [2.45, 2.75) is 120 Å². The van der Waals surface area contributed by atoms with E-state index in [1.54, 1.807) is 28.8 Å². The zero-order valence-corrected chi connectivity index (χ0v) is 28.6. The van der Waals surface area contributed by atoms with Gasteiger partial charge in [0.1, 0.15) is 12.1 Å². The van der Waals surface area contributed by atoms with Gasteiger partial charge in [-0.25, -0.2) is 4.79 Å². The molecule has 250 valence electrons. The summed E-state index contributed by atoms with van der Waals surface area (Å²) in [6.45, 7) is 13.2. The van der Waals surface area contributed by atoms with Crippen LogP contribution in [-0.4, -0.2) is 83.6 Å². The first kappa shape index (κ1) is 37.8. The Labute approximate surface area is 267 Å². The van der Waals surface area contributed by atoms with E-state index in [1.165, 1.54) is 12.1 Å². The maximum atomic E-state index is 13.7. The monoisotopic (exact) mass is 656 g/mol. The average molecular weight is 657 g/mol. The summed E-state index contributed by atoms with van der Waals surface area (Å²) in [5, 5.41) is 6.15. The van der Waals surface area contributed by atoms with Crippen molar-refractivity contribution in [3.63, 3.8) is 0 Å². The Balaban J connectivity index is 0.000000514. The minimum absolute atomic E-state index is 0.0666. The van der Waals surface area contributed by atoms with E-state index in [4.69, 9.17) is 15.0 Å². The highest BCUT2D eigenvalue weighted by atomic mass is 32.2. The van der Waals surface area contributed by atoms with Gasteiger partial charge < -0.3 is 26.0 Å². The van der Waals surface area contributed by atoms with Crippen LogP contribution in [0.5, 0.6) is 0 Å². The zero-order valence-electron chi connectivity index (χ0n) is 27.0. The van der Waals surface area contributed by atoms with E-state index < -0.39 is 33.0 Å². The number of benzene rings is 1. The summed E-state index contributed by atoms with van der Waals surface area (Å²) in [7, 11) is -4.02. The second-order valence-corrected chi connectivity index (χ2v) is 16.1. The molecule has 0 aromatic heterocycles. The zero-order chi connectivity index (χ0) is 33.1. The molecule has 2 aliphatic rings. The molecule has 0 radical (unpaired) electrons. The van der Waals surface area contributed by atoms with Crippen LogP contribution in [0, 0.1) is 12.8 Å². The first-order chi connectivity index (χ1) is 20.5. The van der Waals surface area contributed by atoms with Crippen LogP contribution in [0.2, 0.25) is 0 Å². The fourth-order valence-corrected chi connectivity index (χ4v) is 7.49. The molecule has 2 atom stereocenters. The fourth-order valence-electron chi connectivity index (χ4n) is 5.50. The molecule has 2 fully saturated rings. The molecule has 1 aliphatic heterocycles. The number of nitrogens with two attached hydrogens (primary N) is 1. The van der Waals surface area contributed by atoms with Crippen molar-refractivity contribution >= 4 is 39.8 Å². The lowest BCUT2D eigenvalue weighted by Gasteiger charge is -2.38. The second kappa shape index (κ2) is 17.4. The summed E-state index contributed by atoms with van der Waals surface area (Å²) >= 11 is 1.63. The highest BCUT2D eigenvalue weighted by Crippen LogP contribution is 2.34. The van der Waals surface area contributed by atoms with E-state index in [1.807, 2.05) is 27.7 Å². The number of aryl methyl sites for hydroxylation is 1. The van der Waals surface area contributed by atoms with Gasteiger partial charge in [0.2, 0.25) is 11.8 Å². The SMILES string of the molecule is CCCOC(=O)N[C@@H](C(=O)N1CCC[C@H]1C(=O)NC[C@H]1CC[C@H](N)CC1)C(C)(C)SC(C)C.Cc1ccc(S(=O)(=O)O)cc1. The summed E-state index contributed by atoms with van der Waals surface area (Å²) in [6.07, 6.45) is 5.57. The third kappa shape index (κ3) is 12.2. The summed E-state index contributed by atoms with van der Waals surface area (Å²) in [5.74, 6) is 0.128. The standard InChI is InChI=1S/C24H44N4O4S.C7H8O3S/c1-6-14-32-23(31)27-20(24(4,5)33-16(2)3)22(30)28-13-7-8-19(28)21(29)26-15-17-9-11-18(25)12-10-17;1-6-2-4-7(5-3-6)11(8,9)10/h16-20H,6-15,25H2,1-5H3,(H,26,29)(H,27,31);2-5H,1H3,(H,8,9,10)/t17-,18-,19-,20-;/m0./s1. The number of rotatable bonds is 11. The molecule has 0 unspecified atom stereocenters. The fraction of sp³-hybridized carbons (Fsp3) is 0.710. The second-order valence-electron chi connectivity index (χ2n) is 12.5. The first-order valence-corrected chi connectivity index (χ1v) is 17.9. The number of nitrogens with one attached hydrogen (secondary N) is 2. The molecule has 44 heavy (non-hydrogen) atoms. The van der Waals surface area contributed by atoms with E-state index in [2.05, 4.69) is 24.5 Å². The number of thioether (sulfide) groups is 1. The highest BCUT2D eigenvalue weighted by molar-refractivity contribution is 8.01. The van der Waals surface area contributed by atoms with Crippen molar-refractivity contribution in [1.29, 1.82) is 0 Å². The van der Waals surface area contributed by atoms with E-state index in [0.717, 1.165) is 37.7 Å². The number of amides is 3. The number of carbonyl (C=O) groups excluding carboxylic acids is 3. The van der Waals surface area contributed by atoms with Gasteiger partial charge in [-0.15, -0.1) is 0 Å². The molecule has 5 N–H and O–H groups in total. The van der Waals surface area contributed by atoms with Crippen LogP contribution in [0.3, 0.4) is 0 Å². The Morgan fingerprint density at radius 3 is 2.27 bits per heavy atom. The molecule has 1 saturated carbocycles. The van der Waals surface area contributed by atoms with Gasteiger partial charge in [-0.1, -0.05) is 38.5 Å². The number of nitrogens with zero attached hydrogens (tertiary/aromatic N) is 1. The Morgan fingerprint density at radius 2 is 1.73 bits per heavy atom. The minimum atomic E-state index is -4.02. The molecular formula is C31H52N4O7S2. The maximum Gasteiger partial charge on any atom is 0.407 e. The van der Waals surface area contributed by atoms with Gasteiger partial charge in [0.05, 0.1) is 11.5 Å². The minimum Gasteiger partial charge on any atom is -0.450 e. The van der Waals surface area contributed by atoms with E-state index in [9.17, 15) is 22.8 Å². The number of alkyl carbamates (subject to hydrolysis) is 1. The molecule has 1 aromatic rings. The van der Waals surface area contributed by atoms with Crippen LogP contribution in [0.1, 0.15) is 85.1 Å². The molecule has 0 bridgehead atoms. The van der Waals surface area contributed by atoms with Gasteiger partial charge in [-0.05, 0) is 89.0 Å². The first-order valence-electron chi connectivity index (χ1n) is 15.5. The van der Waals surface area contributed by atoms with Gasteiger partial charge >= 0.3 is 6.09 Å². The van der Waals surface area contributed by atoms with Gasteiger partial charge in [-0.3, -0.25) is 14.1 Å². The number of likely N-dealkylation sites (tertiary alicyclic amines) is 1. The Bertz CT molecular complexity index is 1180. The highest BCUT2D eigenvalue weighted by Gasteiger charge is 2.44. The molecule has 11 nitrogen and oxygen atoms in total. The largest absolute Gasteiger partial charge is 0.450 e. The lowest BCUT2D eigenvalue weighted by atomic mass is 9.86. The van der Waals surface area contributed by atoms with Crippen molar-refractivity contribution in [2.24, 2.45) is 11.7 Å². The van der Waals surface area contributed by atoms with Crippen LogP contribution >= 0.6 is 11.8 Å². The predicted molar refractivity (Wildman–Crippen MR) is 174 cm³/mol. The van der Waals surface area contributed by atoms with Crippen LogP contribution in [0.15, 0.2) is 29.2 Å². The molecule has 0 spiro atoms.